The molecular weight excluding hydrogens is 292 g/mol. The Bertz CT molecular complexity index is 658. The van der Waals surface area contributed by atoms with Crippen molar-refractivity contribution >= 4 is 15.9 Å². The van der Waals surface area contributed by atoms with Gasteiger partial charge >= 0.3 is 0 Å². The van der Waals surface area contributed by atoms with Gasteiger partial charge in [-0.05, 0) is 37.5 Å². The van der Waals surface area contributed by atoms with Gasteiger partial charge in [0, 0.05) is 12.2 Å². The molecule has 1 saturated heterocycles. The SMILES string of the molecule is N#Cc1cccc(C(=O)NS(=O)(=O)C[C@@H]2CCCCO2)c1. The van der Waals surface area contributed by atoms with Gasteiger partial charge in [-0.1, -0.05) is 6.07 Å². The molecule has 1 aromatic rings. The molecule has 1 amide bonds. The van der Waals surface area contributed by atoms with Crippen LogP contribution in [0.1, 0.15) is 35.2 Å². The Balaban J connectivity index is 2.01. The summed E-state index contributed by atoms with van der Waals surface area (Å²) in [5.74, 6) is -0.959. The summed E-state index contributed by atoms with van der Waals surface area (Å²) in [7, 11) is -3.76. The van der Waals surface area contributed by atoms with Crippen LogP contribution in [0.15, 0.2) is 24.3 Å². The summed E-state index contributed by atoms with van der Waals surface area (Å²) in [5, 5.41) is 8.78. The van der Waals surface area contributed by atoms with E-state index in [1.165, 1.54) is 18.2 Å². The van der Waals surface area contributed by atoms with Crippen molar-refractivity contribution in [2.45, 2.75) is 25.4 Å². The number of hydrogen-bond donors (Lipinski definition) is 1. The first kappa shape index (κ1) is 15.5. The number of amides is 1. The van der Waals surface area contributed by atoms with Crippen molar-refractivity contribution in [3.8, 4) is 6.07 Å². The number of nitrogens with one attached hydrogen (secondary N) is 1. The lowest BCUT2D eigenvalue weighted by atomic mass is 10.1. The Hall–Kier alpha value is -1.91. The number of benzene rings is 1. The second-order valence-electron chi connectivity index (χ2n) is 4.89. The molecule has 7 heteroatoms. The fourth-order valence-electron chi connectivity index (χ4n) is 2.16. The van der Waals surface area contributed by atoms with E-state index in [0.717, 1.165) is 12.8 Å². The van der Waals surface area contributed by atoms with Gasteiger partial charge in [0.05, 0.1) is 23.5 Å². The third-order valence-corrected chi connectivity index (χ3v) is 4.49. The monoisotopic (exact) mass is 308 g/mol. The van der Waals surface area contributed by atoms with E-state index >= 15 is 0 Å². The largest absolute Gasteiger partial charge is 0.377 e. The van der Waals surface area contributed by atoms with Crippen LogP contribution >= 0.6 is 0 Å². The fourth-order valence-corrected chi connectivity index (χ4v) is 3.39. The molecule has 0 unspecified atom stereocenters. The van der Waals surface area contributed by atoms with Crippen molar-refractivity contribution in [1.82, 2.24) is 4.72 Å². The molecule has 0 spiro atoms. The van der Waals surface area contributed by atoms with Crippen molar-refractivity contribution in [3.63, 3.8) is 0 Å². The van der Waals surface area contributed by atoms with Gasteiger partial charge in [0.1, 0.15) is 0 Å². The van der Waals surface area contributed by atoms with Crippen LogP contribution in [-0.2, 0) is 14.8 Å². The molecule has 1 N–H and O–H groups in total. The molecule has 2 rings (SSSR count). The minimum absolute atomic E-state index is 0.141. The van der Waals surface area contributed by atoms with Crippen LogP contribution in [0.4, 0.5) is 0 Å². The maximum Gasteiger partial charge on any atom is 0.264 e. The zero-order valence-electron chi connectivity index (χ0n) is 11.4. The Labute approximate surface area is 123 Å². The van der Waals surface area contributed by atoms with E-state index in [1.807, 2.05) is 10.8 Å². The summed E-state index contributed by atoms with van der Waals surface area (Å²) in [6, 6.07) is 7.79. The lowest BCUT2D eigenvalue weighted by molar-refractivity contribution is 0.0304. The number of nitriles is 1. The predicted octanol–water partition coefficient (Wildman–Crippen LogP) is 1.19. The molecule has 1 aliphatic rings. The molecule has 0 aliphatic carbocycles. The van der Waals surface area contributed by atoms with Crippen molar-refractivity contribution in [1.29, 1.82) is 5.26 Å². The van der Waals surface area contributed by atoms with Gasteiger partial charge < -0.3 is 4.74 Å². The second kappa shape index (κ2) is 6.70. The maximum absolute atomic E-state index is 12.0. The quantitative estimate of drug-likeness (QED) is 0.901. The Morgan fingerprint density at radius 1 is 1.43 bits per heavy atom. The van der Waals surface area contributed by atoms with Crippen LogP contribution < -0.4 is 4.72 Å². The molecule has 1 fully saturated rings. The number of nitrogens with zero attached hydrogens (tertiary/aromatic N) is 1. The second-order valence-corrected chi connectivity index (χ2v) is 6.66. The van der Waals surface area contributed by atoms with E-state index in [-0.39, 0.29) is 17.4 Å². The molecular formula is C14H16N2O4S. The van der Waals surface area contributed by atoms with Gasteiger partial charge in [0.2, 0.25) is 10.0 Å². The first-order valence-electron chi connectivity index (χ1n) is 6.67. The van der Waals surface area contributed by atoms with Gasteiger partial charge in [-0.2, -0.15) is 5.26 Å². The molecule has 0 saturated carbocycles. The zero-order chi connectivity index (χ0) is 15.3. The van der Waals surface area contributed by atoms with Gasteiger partial charge in [-0.3, -0.25) is 4.79 Å². The van der Waals surface area contributed by atoms with E-state index in [0.29, 0.717) is 18.6 Å². The molecule has 0 radical (unpaired) electrons. The summed E-state index contributed by atoms with van der Waals surface area (Å²) in [6.07, 6.45) is 2.18. The standard InChI is InChI=1S/C14H16N2O4S/c15-9-11-4-3-5-12(8-11)14(17)16-21(18,19)10-13-6-1-2-7-20-13/h3-5,8,13H,1-2,6-7,10H2,(H,16,17)/t13-/m0/s1. The highest BCUT2D eigenvalue weighted by Gasteiger charge is 2.24. The first-order valence-corrected chi connectivity index (χ1v) is 8.32. The minimum Gasteiger partial charge on any atom is -0.377 e. The van der Waals surface area contributed by atoms with Gasteiger partial charge in [-0.25, -0.2) is 13.1 Å². The van der Waals surface area contributed by atoms with Crippen molar-refractivity contribution in [2.75, 3.05) is 12.4 Å². The van der Waals surface area contributed by atoms with Crippen molar-refractivity contribution < 1.29 is 17.9 Å². The van der Waals surface area contributed by atoms with E-state index in [2.05, 4.69) is 0 Å². The summed E-state index contributed by atoms with van der Waals surface area (Å²) >= 11 is 0. The Kier molecular flexibility index (Phi) is 4.94. The van der Waals surface area contributed by atoms with Crippen LogP contribution in [0.25, 0.3) is 0 Å². The van der Waals surface area contributed by atoms with E-state index in [1.54, 1.807) is 6.07 Å². The third-order valence-electron chi connectivity index (χ3n) is 3.18. The van der Waals surface area contributed by atoms with E-state index in [9.17, 15) is 13.2 Å². The molecule has 0 bridgehead atoms. The number of carbonyl (C=O) groups excluding carboxylic acids is 1. The first-order chi connectivity index (χ1) is 10.00. The summed E-state index contributed by atoms with van der Waals surface area (Å²) in [5.41, 5.74) is 0.442. The third kappa shape index (κ3) is 4.55. The van der Waals surface area contributed by atoms with Crippen LogP contribution in [-0.4, -0.2) is 32.8 Å². The zero-order valence-corrected chi connectivity index (χ0v) is 12.2. The maximum atomic E-state index is 12.0. The summed E-state index contributed by atoms with van der Waals surface area (Å²) in [6.45, 7) is 0.554. The lowest BCUT2D eigenvalue weighted by Gasteiger charge is -2.22. The average molecular weight is 308 g/mol. The van der Waals surface area contributed by atoms with Gasteiger partial charge in [0.15, 0.2) is 0 Å². The van der Waals surface area contributed by atoms with Gasteiger partial charge in [-0.15, -0.1) is 0 Å². The average Bonchev–Trinajstić information content (AvgIpc) is 2.47. The number of ether oxygens (including phenoxy) is 1. The molecule has 6 nitrogen and oxygen atoms in total. The lowest BCUT2D eigenvalue weighted by Crippen LogP contribution is -2.38. The molecule has 1 aromatic carbocycles. The van der Waals surface area contributed by atoms with Crippen LogP contribution in [0.2, 0.25) is 0 Å². The number of hydrogen-bond acceptors (Lipinski definition) is 5. The molecule has 1 heterocycles. The highest BCUT2D eigenvalue weighted by Crippen LogP contribution is 2.14. The van der Waals surface area contributed by atoms with Crippen molar-refractivity contribution in [2.24, 2.45) is 0 Å². The van der Waals surface area contributed by atoms with Crippen LogP contribution in [0.5, 0.6) is 0 Å². The molecule has 0 aromatic heterocycles. The van der Waals surface area contributed by atoms with E-state index < -0.39 is 15.9 Å². The number of sulfonamides is 1. The molecule has 1 aliphatic heterocycles. The molecule has 21 heavy (non-hydrogen) atoms. The van der Waals surface area contributed by atoms with Crippen LogP contribution in [0, 0.1) is 11.3 Å². The summed E-state index contributed by atoms with van der Waals surface area (Å²) < 4.78 is 31.3. The van der Waals surface area contributed by atoms with Gasteiger partial charge in [0.25, 0.3) is 5.91 Å². The molecule has 1 atom stereocenters. The molecule has 112 valence electrons. The Morgan fingerprint density at radius 2 is 2.24 bits per heavy atom. The highest BCUT2D eigenvalue weighted by molar-refractivity contribution is 7.90. The minimum atomic E-state index is -3.76. The smallest absolute Gasteiger partial charge is 0.264 e. The van der Waals surface area contributed by atoms with Crippen molar-refractivity contribution in [3.05, 3.63) is 35.4 Å². The predicted molar refractivity (Wildman–Crippen MR) is 76.0 cm³/mol. The normalized spacial score (nSPS) is 18.7. The van der Waals surface area contributed by atoms with E-state index in [4.69, 9.17) is 10.00 Å². The fraction of sp³-hybridized carbons (Fsp3) is 0.429. The van der Waals surface area contributed by atoms with Crippen LogP contribution in [0.3, 0.4) is 0 Å². The number of rotatable bonds is 4. The number of carbonyl (C=O) groups is 1. The topological polar surface area (TPSA) is 96.3 Å². The highest BCUT2D eigenvalue weighted by atomic mass is 32.2. The summed E-state index contributed by atoms with van der Waals surface area (Å²) in [4.78, 5) is 11.9. The Morgan fingerprint density at radius 3 is 2.90 bits per heavy atom.